The maximum absolute atomic E-state index is 6.10. The maximum Gasteiger partial charge on any atom is 0.0637 e. The van der Waals surface area contributed by atoms with Gasteiger partial charge in [0.1, 0.15) is 0 Å². The maximum atomic E-state index is 6.10. The number of hydrogen-bond acceptors (Lipinski definition) is 2. The van der Waals surface area contributed by atoms with Crippen molar-refractivity contribution in [3.63, 3.8) is 0 Å². The fraction of sp³-hybridized carbons (Fsp3) is 1.00. The molecule has 2 spiro atoms. The molecule has 92 valence electrons. The predicted octanol–water partition coefficient (Wildman–Crippen LogP) is 2.73. The molecule has 3 rings (SSSR count). The molecule has 3 aliphatic rings. The minimum Gasteiger partial charge on any atom is -0.376 e. The average Bonchev–Trinajstić information content (AvgIpc) is 3.02. The van der Waals surface area contributed by atoms with Gasteiger partial charge in [-0.15, -0.1) is 0 Å². The first-order valence-corrected chi connectivity index (χ1v) is 7.15. The quantitative estimate of drug-likeness (QED) is 0.699. The van der Waals surface area contributed by atoms with Gasteiger partial charge in [0, 0.05) is 12.0 Å². The minimum absolute atomic E-state index is 0.618. The molecule has 2 nitrogen and oxygen atoms in total. The van der Waals surface area contributed by atoms with Gasteiger partial charge >= 0.3 is 0 Å². The van der Waals surface area contributed by atoms with Gasteiger partial charge in [-0.2, -0.15) is 0 Å². The first-order chi connectivity index (χ1) is 7.83. The fourth-order valence-corrected chi connectivity index (χ4v) is 4.02. The van der Waals surface area contributed by atoms with E-state index in [0.717, 1.165) is 25.1 Å². The topological polar surface area (TPSA) is 21.3 Å². The van der Waals surface area contributed by atoms with Crippen molar-refractivity contribution in [2.75, 3.05) is 19.7 Å². The average molecular weight is 223 g/mol. The van der Waals surface area contributed by atoms with Crippen LogP contribution in [0.4, 0.5) is 0 Å². The summed E-state index contributed by atoms with van der Waals surface area (Å²) < 4.78 is 6.10. The molecule has 3 aliphatic carbocycles. The molecule has 0 aromatic rings. The first kappa shape index (κ1) is 11.0. The lowest BCUT2D eigenvalue weighted by Gasteiger charge is -2.62. The molecule has 3 saturated carbocycles. The molecule has 0 aromatic heterocycles. The van der Waals surface area contributed by atoms with Crippen LogP contribution in [0, 0.1) is 10.8 Å². The van der Waals surface area contributed by atoms with Crippen LogP contribution >= 0.6 is 0 Å². The van der Waals surface area contributed by atoms with Crippen LogP contribution in [-0.4, -0.2) is 25.8 Å². The van der Waals surface area contributed by atoms with Crippen LogP contribution in [0.2, 0.25) is 0 Å². The summed E-state index contributed by atoms with van der Waals surface area (Å²) in [7, 11) is 0. The summed E-state index contributed by atoms with van der Waals surface area (Å²) in [5, 5.41) is 3.41. The van der Waals surface area contributed by atoms with Crippen molar-refractivity contribution in [3.8, 4) is 0 Å². The zero-order chi connectivity index (χ0) is 11.1. The second-order valence-corrected chi connectivity index (χ2v) is 6.08. The lowest BCUT2D eigenvalue weighted by molar-refractivity contribution is -0.199. The number of hydrogen-bond donors (Lipinski definition) is 1. The highest BCUT2D eigenvalue weighted by Gasteiger charge is 2.71. The number of fused-ring (bicyclic) bond motifs is 1. The Morgan fingerprint density at radius 3 is 2.44 bits per heavy atom. The van der Waals surface area contributed by atoms with Gasteiger partial charge in [-0.05, 0) is 56.9 Å². The zero-order valence-corrected chi connectivity index (χ0v) is 10.6. The smallest absolute Gasteiger partial charge is 0.0637 e. The molecule has 0 radical (unpaired) electrons. The van der Waals surface area contributed by atoms with Crippen LogP contribution < -0.4 is 5.32 Å². The standard InChI is InChI=1S/C14H25NO/c1-2-9-15-10-11-16-12-3-4-14(12)8-7-13(14)5-6-13/h12,15H,2-11H2,1H3/t12-,14+/m1/s1. The number of ether oxygens (including phenoxy) is 1. The van der Waals surface area contributed by atoms with Crippen molar-refractivity contribution in [1.82, 2.24) is 5.32 Å². The molecule has 16 heavy (non-hydrogen) atoms. The molecular weight excluding hydrogens is 198 g/mol. The van der Waals surface area contributed by atoms with E-state index in [1.807, 2.05) is 0 Å². The van der Waals surface area contributed by atoms with Crippen LogP contribution in [-0.2, 0) is 4.74 Å². The summed E-state index contributed by atoms with van der Waals surface area (Å²) >= 11 is 0. The molecule has 0 bridgehead atoms. The molecule has 0 amide bonds. The molecule has 0 aromatic carbocycles. The van der Waals surface area contributed by atoms with Gasteiger partial charge < -0.3 is 10.1 Å². The van der Waals surface area contributed by atoms with Crippen molar-refractivity contribution in [1.29, 1.82) is 0 Å². The van der Waals surface area contributed by atoms with Crippen molar-refractivity contribution in [3.05, 3.63) is 0 Å². The highest BCUT2D eigenvalue weighted by Crippen LogP contribution is 2.78. The fourth-order valence-electron chi connectivity index (χ4n) is 4.02. The van der Waals surface area contributed by atoms with Gasteiger partial charge in [0.2, 0.25) is 0 Å². The summed E-state index contributed by atoms with van der Waals surface area (Å²) in [6.45, 7) is 5.29. The molecule has 0 unspecified atom stereocenters. The summed E-state index contributed by atoms with van der Waals surface area (Å²) in [5.41, 5.74) is 1.45. The van der Waals surface area contributed by atoms with Gasteiger partial charge in [0.25, 0.3) is 0 Å². The van der Waals surface area contributed by atoms with E-state index in [9.17, 15) is 0 Å². The Bertz CT molecular complexity index is 257. The Morgan fingerprint density at radius 2 is 1.94 bits per heavy atom. The van der Waals surface area contributed by atoms with Crippen LogP contribution in [0.25, 0.3) is 0 Å². The number of rotatable bonds is 6. The summed E-state index contributed by atoms with van der Waals surface area (Å²) in [4.78, 5) is 0. The number of nitrogens with one attached hydrogen (secondary N) is 1. The van der Waals surface area contributed by atoms with Crippen LogP contribution in [0.3, 0.4) is 0 Å². The monoisotopic (exact) mass is 223 g/mol. The van der Waals surface area contributed by atoms with Crippen molar-refractivity contribution in [2.45, 2.75) is 58.0 Å². The third-order valence-electron chi connectivity index (χ3n) is 5.45. The van der Waals surface area contributed by atoms with Crippen LogP contribution in [0.5, 0.6) is 0 Å². The molecule has 2 heteroatoms. The van der Waals surface area contributed by atoms with E-state index in [2.05, 4.69) is 12.2 Å². The Labute approximate surface area is 99.1 Å². The Hall–Kier alpha value is -0.0800. The second kappa shape index (κ2) is 3.99. The van der Waals surface area contributed by atoms with Crippen molar-refractivity contribution < 1.29 is 4.74 Å². The van der Waals surface area contributed by atoms with Gasteiger partial charge in [-0.1, -0.05) is 6.92 Å². The minimum atomic E-state index is 0.618. The lowest BCUT2D eigenvalue weighted by atomic mass is 9.46. The molecule has 0 aliphatic heterocycles. The third kappa shape index (κ3) is 1.46. The van der Waals surface area contributed by atoms with E-state index in [-0.39, 0.29) is 0 Å². The third-order valence-corrected chi connectivity index (χ3v) is 5.45. The first-order valence-electron chi connectivity index (χ1n) is 7.15. The second-order valence-electron chi connectivity index (χ2n) is 6.08. The van der Waals surface area contributed by atoms with E-state index in [0.29, 0.717) is 11.5 Å². The van der Waals surface area contributed by atoms with Crippen molar-refractivity contribution in [2.24, 2.45) is 10.8 Å². The summed E-state index contributed by atoms with van der Waals surface area (Å²) in [6.07, 6.45) is 10.6. The van der Waals surface area contributed by atoms with E-state index >= 15 is 0 Å². The summed E-state index contributed by atoms with van der Waals surface area (Å²) in [6, 6.07) is 0. The van der Waals surface area contributed by atoms with Gasteiger partial charge in [0.05, 0.1) is 12.7 Å². The molecule has 2 atom stereocenters. The normalized spacial score (nSPS) is 38.4. The SMILES string of the molecule is CCCNCCO[C@@H]1CC[C@]12CCC21CC1. The highest BCUT2D eigenvalue weighted by atomic mass is 16.5. The summed E-state index contributed by atoms with van der Waals surface area (Å²) in [5.74, 6) is 0. The van der Waals surface area contributed by atoms with Crippen LogP contribution in [0.1, 0.15) is 51.9 Å². The zero-order valence-electron chi connectivity index (χ0n) is 10.6. The van der Waals surface area contributed by atoms with Gasteiger partial charge in [-0.25, -0.2) is 0 Å². The van der Waals surface area contributed by atoms with Crippen molar-refractivity contribution >= 4 is 0 Å². The molecule has 0 saturated heterocycles. The van der Waals surface area contributed by atoms with E-state index in [1.165, 1.54) is 44.9 Å². The molecular formula is C14H25NO. The largest absolute Gasteiger partial charge is 0.376 e. The lowest BCUT2D eigenvalue weighted by Crippen LogP contribution is -2.59. The van der Waals surface area contributed by atoms with E-state index in [1.54, 1.807) is 0 Å². The van der Waals surface area contributed by atoms with E-state index < -0.39 is 0 Å². The molecule has 1 N–H and O–H groups in total. The molecule has 3 fully saturated rings. The Morgan fingerprint density at radius 1 is 1.12 bits per heavy atom. The van der Waals surface area contributed by atoms with Crippen LogP contribution in [0.15, 0.2) is 0 Å². The Kier molecular flexibility index (Phi) is 2.75. The Balaban J connectivity index is 1.40. The predicted molar refractivity (Wildman–Crippen MR) is 65.5 cm³/mol. The van der Waals surface area contributed by atoms with E-state index in [4.69, 9.17) is 4.74 Å². The van der Waals surface area contributed by atoms with Gasteiger partial charge in [0.15, 0.2) is 0 Å². The highest BCUT2D eigenvalue weighted by molar-refractivity contribution is 5.21. The molecule has 0 heterocycles. The van der Waals surface area contributed by atoms with Gasteiger partial charge in [-0.3, -0.25) is 0 Å².